The van der Waals surface area contributed by atoms with Crippen molar-refractivity contribution < 1.29 is 13.8 Å². The summed E-state index contributed by atoms with van der Waals surface area (Å²) in [5.74, 6) is -0.456. The van der Waals surface area contributed by atoms with Crippen molar-refractivity contribution in [1.29, 1.82) is 0 Å². The van der Waals surface area contributed by atoms with E-state index in [4.69, 9.17) is 0 Å². The van der Waals surface area contributed by atoms with E-state index in [9.17, 15) is 9.18 Å². The van der Waals surface area contributed by atoms with Gasteiger partial charge >= 0.3 is 0 Å². The van der Waals surface area contributed by atoms with Gasteiger partial charge in [0.25, 0.3) is 5.91 Å². The molecule has 0 saturated carbocycles. The van der Waals surface area contributed by atoms with Crippen molar-refractivity contribution in [3.8, 4) is 0 Å². The summed E-state index contributed by atoms with van der Waals surface area (Å²) in [6.07, 6.45) is 1.85. The van der Waals surface area contributed by atoms with Gasteiger partial charge in [0.2, 0.25) is 6.54 Å². The van der Waals surface area contributed by atoms with E-state index in [0.29, 0.717) is 5.69 Å². The lowest BCUT2D eigenvalue weighted by Gasteiger charge is -2.03. The summed E-state index contributed by atoms with van der Waals surface area (Å²) in [5.41, 5.74) is 1.60. The van der Waals surface area contributed by atoms with E-state index in [2.05, 4.69) is 5.32 Å². The van der Waals surface area contributed by atoms with Crippen LogP contribution in [0.2, 0.25) is 0 Å². The topological polar surface area (TPSA) is 33.0 Å². The number of aromatic nitrogens is 1. The van der Waals surface area contributed by atoms with Gasteiger partial charge in [0.1, 0.15) is 5.82 Å². The van der Waals surface area contributed by atoms with Crippen LogP contribution in [0.4, 0.5) is 10.1 Å². The summed E-state index contributed by atoms with van der Waals surface area (Å²) in [7, 11) is 0. The van der Waals surface area contributed by atoms with Crippen molar-refractivity contribution in [1.82, 2.24) is 0 Å². The molecule has 2 aromatic rings. The molecule has 3 nitrogen and oxygen atoms in total. The van der Waals surface area contributed by atoms with E-state index in [1.165, 1.54) is 24.3 Å². The minimum atomic E-state index is -0.318. The average Bonchev–Trinajstić information content (AvgIpc) is 2.35. The fourth-order valence-electron chi connectivity index (χ4n) is 1.63. The van der Waals surface area contributed by atoms with Gasteiger partial charge in [-0.25, -0.2) is 4.39 Å². The van der Waals surface area contributed by atoms with Crippen molar-refractivity contribution in [3.05, 3.63) is 60.2 Å². The van der Waals surface area contributed by atoms with Gasteiger partial charge in [0, 0.05) is 24.7 Å². The van der Waals surface area contributed by atoms with Crippen molar-refractivity contribution in [2.45, 2.75) is 13.5 Å². The highest BCUT2D eigenvalue weighted by Gasteiger charge is 2.11. The maximum absolute atomic E-state index is 12.7. The molecule has 0 spiro atoms. The number of aryl methyl sites for hydroxylation is 1. The molecule has 0 radical (unpaired) electrons. The molecule has 1 aromatic carbocycles. The van der Waals surface area contributed by atoms with Gasteiger partial charge in [-0.15, -0.1) is 0 Å². The quantitative estimate of drug-likeness (QED) is 0.825. The van der Waals surface area contributed by atoms with Gasteiger partial charge in [0.05, 0.1) is 0 Å². The SMILES string of the molecule is Cc1cccc[n+]1CC(=O)Nc1ccc(F)cc1. The van der Waals surface area contributed by atoms with Gasteiger partial charge in [-0.1, -0.05) is 6.07 Å². The number of halogens is 1. The van der Waals surface area contributed by atoms with Gasteiger partial charge in [-0.3, -0.25) is 4.79 Å². The summed E-state index contributed by atoms with van der Waals surface area (Å²) >= 11 is 0. The lowest BCUT2D eigenvalue weighted by Crippen LogP contribution is -2.42. The van der Waals surface area contributed by atoms with Crippen LogP contribution < -0.4 is 9.88 Å². The highest BCUT2D eigenvalue weighted by atomic mass is 19.1. The molecule has 1 N–H and O–H groups in total. The molecule has 2 rings (SSSR count). The van der Waals surface area contributed by atoms with Gasteiger partial charge < -0.3 is 5.32 Å². The molecule has 18 heavy (non-hydrogen) atoms. The molecule has 92 valence electrons. The number of pyridine rings is 1. The molecule has 1 amide bonds. The Balaban J connectivity index is 2.01. The first-order valence-electron chi connectivity index (χ1n) is 5.65. The smallest absolute Gasteiger partial charge is 0.290 e. The third-order valence-electron chi connectivity index (χ3n) is 2.61. The second-order valence-corrected chi connectivity index (χ2v) is 4.02. The Kier molecular flexibility index (Phi) is 3.67. The molecule has 0 unspecified atom stereocenters. The Morgan fingerprint density at radius 3 is 2.61 bits per heavy atom. The van der Waals surface area contributed by atoms with Crippen LogP contribution in [0.5, 0.6) is 0 Å². The van der Waals surface area contributed by atoms with Crippen LogP contribution in [0.1, 0.15) is 5.69 Å². The maximum atomic E-state index is 12.7. The molecule has 0 saturated heterocycles. The van der Waals surface area contributed by atoms with E-state index in [1.54, 1.807) is 0 Å². The molecule has 0 bridgehead atoms. The van der Waals surface area contributed by atoms with E-state index >= 15 is 0 Å². The number of anilines is 1. The van der Waals surface area contributed by atoms with E-state index in [-0.39, 0.29) is 18.3 Å². The minimum Gasteiger partial charge on any atom is -0.321 e. The number of carbonyl (C=O) groups excluding carboxylic acids is 1. The molecule has 0 fully saturated rings. The van der Waals surface area contributed by atoms with Crippen LogP contribution in [0.25, 0.3) is 0 Å². The predicted octanol–water partition coefficient (Wildman–Crippen LogP) is 2.06. The number of nitrogens with one attached hydrogen (secondary N) is 1. The van der Waals surface area contributed by atoms with Crippen LogP contribution in [-0.4, -0.2) is 5.91 Å². The molecule has 4 heteroatoms. The zero-order chi connectivity index (χ0) is 13.0. The standard InChI is InChI=1S/C14H13FN2O/c1-11-4-2-3-9-17(11)10-14(18)16-13-7-5-12(15)6-8-13/h2-9H,10H2,1H3/p+1. The Bertz CT molecular complexity index is 552. The Morgan fingerprint density at radius 2 is 1.94 bits per heavy atom. The van der Waals surface area contributed by atoms with E-state index < -0.39 is 0 Å². The van der Waals surface area contributed by atoms with E-state index in [0.717, 1.165) is 5.69 Å². The monoisotopic (exact) mass is 245 g/mol. The van der Waals surface area contributed by atoms with Crippen LogP contribution in [0.15, 0.2) is 48.7 Å². The number of rotatable bonds is 3. The fraction of sp³-hybridized carbons (Fsp3) is 0.143. The largest absolute Gasteiger partial charge is 0.321 e. The number of hydrogen-bond donors (Lipinski definition) is 1. The Morgan fingerprint density at radius 1 is 1.22 bits per heavy atom. The summed E-state index contributed by atoms with van der Waals surface area (Å²) in [4.78, 5) is 11.8. The van der Waals surface area contributed by atoms with Gasteiger partial charge in [-0.2, -0.15) is 4.57 Å². The normalized spacial score (nSPS) is 10.1. The third kappa shape index (κ3) is 3.13. The number of hydrogen-bond acceptors (Lipinski definition) is 1. The molecular formula is C14H14FN2O+. The van der Waals surface area contributed by atoms with Crippen LogP contribution in [-0.2, 0) is 11.3 Å². The predicted molar refractivity (Wildman–Crippen MR) is 66.4 cm³/mol. The second-order valence-electron chi connectivity index (χ2n) is 4.02. The average molecular weight is 245 g/mol. The highest BCUT2D eigenvalue weighted by Crippen LogP contribution is 2.07. The summed E-state index contributed by atoms with van der Waals surface area (Å²) in [6, 6.07) is 11.4. The van der Waals surface area contributed by atoms with Crippen molar-refractivity contribution >= 4 is 11.6 Å². The highest BCUT2D eigenvalue weighted by molar-refractivity contribution is 5.89. The molecular weight excluding hydrogens is 231 g/mol. The van der Waals surface area contributed by atoms with Gasteiger partial charge in [0.15, 0.2) is 11.9 Å². The van der Waals surface area contributed by atoms with Gasteiger partial charge in [-0.05, 0) is 24.3 Å². The summed E-state index contributed by atoms with van der Waals surface area (Å²) < 4.78 is 14.6. The number of benzene rings is 1. The first-order valence-corrected chi connectivity index (χ1v) is 5.65. The van der Waals surface area contributed by atoms with Crippen molar-refractivity contribution in [3.63, 3.8) is 0 Å². The molecule has 0 aliphatic rings. The molecule has 0 aliphatic heterocycles. The van der Waals surface area contributed by atoms with Crippen LogP contribution >= 0.6 is 0 Å². The molecule has 0 aliphatic carbocycles. The number of amides is 1. The molecule has 1 heterocycles. The van der Waals surface area contributed by atoms with Crippen molar-refractivity contribution in [2.24, 2.45) is 0 Å². The lowest BCUT2D eigenvalue weighted by molar-refractivity contribution is -0.690. The Hall–Kier alpha value is -2.23. The first-order chi connectivity index (χ1) is 8.65. The second kappa shape index (κ2) is 5.40. The molecule has 1 aromatic heterocycles. The lowest BCUT2D eigenvalue weighted by atomic mass is 10.3. The summed E-state index contributed by atoms with van der Waals surface area (Å²) in [6.45, 7) is 2.18. The van der Waals surface area contributed by atoms with Crippen LogP contribution in [0, 0.1) is 12.7 Å². The number of carbonyl (C=O) groups is 1. The minimum absolute atomic E-state index is 0.138. The zero-order valence-electron chi connectivity index (χ0n) is 10.1. The Labute approximate surface area is 105 Å². The number of nitrogens with zero attached hydrogens (tertiary/aromatic N) is 1. The first kappa shape index (κ1) is 12.2. The molecule has 0 atom stereocenters. The third-order valence-corrected chi connectivity index (χ3v) is 2.61. The van der Waals surface area contributed by atoms with Crippen molar-refractivity contribution in [2.75, 3.05) is 5.32 Å². The summed E-state index contributed by atoms with van der Waals surface area (Å²) in [5, 5.41) is 2.72. The van der Waals surface area contributed by atoms with Crippen LogP contribution in [0.3, 0.4) is 0 Å². The fourth-order valence-corrected chi connectivity index (χ4v) is 1.63. The maximum Gasteiger partial charge on any atom is 0.290 e. The van der Waals surface area contributed by atoms with E-state index in [1.807, 2.05) is 35.9 Å². The zero-order valence-corrected chi connectivity index (χ0v) is 10.1.